The van der Waals surface area contributed by atoms with Gasteiger partial charge >= 0.3 is 0 Å². The Morgan fingerprint density at radius 2 is 1.85 bits per heavy atom. The fraction of sp³-hybridized carbons (Fsp3) is 0.226. The number of aliphatic hydroxyl groups excluding tert-OH is 1. The Bertz CT molecular complexity index is 1900. The summed E-state index contributed by atoms with van der Waals surface area (Å²) in [6.45, 7) is 9.48. The second kappa shape index (κ2) is 8.60. The largest absolute Gasteiger partial charge is 0.494 e. The van der Waals surface area contributed by atoms with Crippen LogP contribution in [0.5, 0.6) is 17.5 Å². The second-order valence-corrected chi connectivity index (χ2v) is 10.9. The van der Waals surface area contributed by atoms with Gasteiger partial charge in [-0.15, -0.1) is 0 Å². The third-order valence-electron chi connectivity index (χ3n) is 8.31. The van der Waals surface area contributed by atoms with Crippen LogP contribution in [-0.2, 0) is 15.9 Å². The summed E-state index contributed by atoms with van der Waals surface area (Å²) in [6.07, 6.45) is 1.31. The van der Waals surface area contributed by atoms with Gasteiger partial charge in [-0.25, -0.2) is 4.85 Å². The topological polar surface area (TPSA) is 101 Å². The first-order valence-corrected chi connectivity index (χ1v) is 13.3. The van der Waals surface area contributed by atoms with E-state index in [9.17, 15) is 15.3 Å². The Labute approximate surface area is 234 Å². The van der Waals surface area contributed by atoms with E-state index in [1.807, 2.05) is 30.3 Å². The van der Waals surface area contributed by atoms with Crippen molar-refractivity contribution in [1.29, 1.82) is 0 Å². The number of aromatic hydroxyl groups is 2. The average molecular weight is 554 g/mol. The normalized spacial score (nSPS) is 23.0. The predicted octanol–water partition coefficient (Wildman–Crippen LogP) is 6.47. The van der Waals surface area contributed by atoms with Crippen LogP contribution in [0.1, 0.15) is 30.9 Å². The van der Waals surface area contributed by atoms with E-state index in [1.54, 1.807) is 43.5 Å². The number of rotatable bonds is 5. The second-order valence-electron chi connectivity index (χ2n) is 10.5. The summed E-state index contributed by atoms with van der Waals surface area (Å²) in [7, 11) is 0. The lowest BCUT2D eigenvalue weighted by Gasteiger charge is -2.26. The zero-order valence-corrected chi connectivity index (χ0v) is 22.2. The van der Waals surface area contributed by atoms with Crippen molar-refractivity contribution in [2.45, 2.75) is 37.1 Å². The van der Waals surface area contributed by atoms with Gasteiger partial charge in [0.1, 0.15) is 17.0 Å². The van der Waals surface area contributed by atoms with Gasteiger partial charge in [0.15, 0.2) is 5.69 Å². The van der Waals surface area contributed by atoms with E-state index in [4.69, 9.17) is 27.6 Å². The first-order valence-electron chi connectivity index (χ1n) is 12.9. The van der Waals surface area contributed by atoms with Gasteiger partial charge < -0.3 is 24.8 Å². The standard InChI is InChI=1S/C31H24ClN3O5/c1-30-25(36)16-31(40-30,12-14-39-24-11-13-34-22-15-17(32)7-8-20(22)24)27-26(30)28(37)35(29(27)38)23-10-9-21(33-2)18-5-3-4-6-19(18)23/h3-11,13,15,25,36-38H,12,14,16H2,1H3. The highest BCUT2D eigenvalue weighted by atomic mass is 35.5. The predicted molar refractivity (Wildman–Crippen MR) is 150 cm³/mol. The van der Waals surface area contributed by atoms with Crippen LogP contribution in [0.15, 0.2) is 66.9 Å². The van der Waals surface area contributed by atoms with Gasteiger partial charge in [0, 0.05) is 29.4 Å². The Morgan fingerprint density at radius 3 is 2.65 bits per heavy atom. The molecule has 0 saturated carbocycles. The van der Waals surface area contributed by atoms with E-state index in [0.29, 0.717) is 56.0 Å². The van der Waals surface area contributed by atoms with Crippen molar-refractivity contribution >= 4 is 39.0 Å². The zero-order chi connectivity index (χ0) is 27.8. The Balaban J connectivity index is 1.30. The summed E-state index contributed by atoms with van der Waals surface area (Å²) in [5.74, 6) is 0.274. The minimum atomic E-state index is -1.21. The summed E-state index contributed by atoms with van der Waals surface area (Å²) in [5, 5.41) is 37.1. The molecule has 200 valence electrons. The molecule has 0 amide bonds. The molecule has 2 aliphatic rings. The SMILES string of the molecule is [C-]#[N+]c1ccc(-n2c(O)c3c(c2O)C2(C)OC3(CCOc3ccnc4cc(Cl)ccc34)CC2O)c2ccccc12. The third kappa shape index (κ3) is 3.29. The molecule has 9 heteroatoms. The molecule has 1 saturated heterocycles. The molecule has 0 spiro atoms. The number of pyridine rings is 1. The van der Waals surface area contributed by atoms with Crippen LogP contribution in [0.25, 0.3) is 32.2 Å². The number of hydrogen-bond donors (Lipinski definition) is 3. The molecule has 2 aliphatic heterocycles. The summed E-state index contributed by atoms with van der Waals surface area (Å²) in [6, 6.07) is 17.9. The minimum absolute atomic E-state index is 0.159. The van der Waals surface area contributed by atoms with Crippen molar-refractivity contribution in [1.82, 2.24) is 9.55 Å². The molecular formula is C31H24ClN3O5. The summed E-state index contributed by atoms with van der Waals surface area (Å²) >= 11 is 6.12. The van der Waals surface area contributed by atoms with Crippen molar-refractivity contribution < 1.29 is 24.8 Å². The highest BCUT2D eigenvalue weighted by molar-refractivity contribution is 6.31. The molecule has 5 aromatic rings. The summed E-state index contributed by atoms with van der Waals surface area (Å²) < 4.78 is 14.0. The monoisotopic (exact) mass is 553 g/mol. The lowest BCUT2D eigenvalue weighted by molar-refractivity contribution is -0.107. The molecule has 3 N–H and O–H groups in total. The van der Waals surface area contributed by atoms with Crippen LogP contribution < -0.4 is 4.74 Å². The van der Waals surface area contributed by atoms with Crippen molar-refractivity contribution in [2.24, 2.45) is 0 Å². The molecule has 3 atom stereocenters. The molecule has 7 rings (SSSR count). The molecular weight excluding hydrogens is 530 g/mol. The summed E-state index contributed by atoms with van der Waals surface area (Å²) in [4.78, 5) is 7.97. The lowest BCUT2D eigenvalue weighted by Crippen LogP contribution is -2.33. The minimum Gasteiger partial charge on any atom is -0.494 e. The summed E-state index contributed by atoms with van der Waals surface area (Å²) in [5.41, 5.74) is 0.240. The maximum absolute atomic E-state index is 11.7. The zero-order valence-electron chi connectivity index (χ0n) is 21.4. The van der Waals surface area contributed by atoms with E-state index >= 15 is 0 Å². The van der Waals surface area contributed by atoms with E-state index in [2.05, 4.69) is 9.83 Å². The van der Waals surface area contributed by atoms with Crippen LogP contribution in [0.3, 0.4) is 0 Å². The molecule has 40 heavy (non-hydrogen) atoms. The van der Waals surface area contributed by atoms with Gasteiger partial charge in [-0.2, -0.15) is 0 Å². The van der Waals surface area contributed by atoms with Crippen molar-refractivity contribution in [3.63, 3.8) is 0 Å². The van der Waals surface area contributed by atoms with Gasteiger partial charge in [0.25, 0.3) is 0 Å². The molecule has 4 heterocycles. The van der Waals surface area contributed by atoms with Crippen LogP contribution in [0.4, 0.5) is 5.69 Å². The molecule has 3 unspecified atom stereocenters. The number of nitrogens with zero attached hydrogens (tertiary/aromatic N) is 3. The van der Waals surface area contributed by atoms with Gasteiger partial charge in [-0.05, 0) is 48.0 Å². The van der Waals surface area contributed by atoms with Crippen molar-refractivity contribution in [2.75, 3.05) is 6.61 Å². The molecule has 0 radical (unpaired) electrons. The molecule has 1 fully saturated rings. The number of aliphatic hydroxyl groups is 1. The number of benzene rings is 3. The average Bonchev–Trinajstić information content (AvgIpc) is 3.48. The van der Waals surface area contributed by atoms with Gasteiger partial charge in [-0.1, -0.05) is 41.9 Å². The maximum atomic E-state index is 11.7. The third-order valence-corrected chi connectivity index (χ3v) is 8.54. The van der Waals surface area contributed by atoms with Crippen molar-refractivity contribution in [3.8, 4) is 23.2 Å². The first-order chi connectivity index (χ1) is 19.3. The number of halogens is 1. The van der Waals surface area contributed by atoms with E-state index in [-0.39, 0.29) is 24.8 Å². The number of fused-ring (bicyclic) bond motifs is 7. The van der Waals surface area contributed by atoms with Gasteiger partial charge in [0.2, 0.25) is 11.8 Å². The Morgan fingerprint density at radius 1 is 1.07 bits per heavy atom. The maximum Gasteiger partial charge on any atom is 0.205 e. The van der Waals surface area contributed by atoms with Crippen molar-refractivity contribution in [3.05, 3.63) is 94.4 Å². The Kier molecular flexibility index (Phi) is 5.32. The lowest BCUT2D eigenvalue weighted by atomic mass is 9.76. The first kappa shape index (κ1) is 24.7. The highest BCUT2D eigenvalue weighted by Crippen LogP contribution is 2.65. The van der Waals surface area contributed by atoms with Crippen LogP contribution in [0.2, 0.25) is 5.02 Å². The highest BCUT2D eigenvalue weighted by Gasteiger charge is 2.66. The molecule has 3 aromatic carbocycles. The van der Waals surface area contributed by atoms with E-state index < -0.39 is 17.3 Å². The fourth-order valence-electron chi connectivity index (χ4n) is 6.46. The molecule has 2 aromatic heterocycles. The van der Waals surface area contributed by atoms with E-state index in [1.165, 1.54) is 4.57 Å². The van der Waals surface area contributed by atoms with Gasteiger partial charge in [0.05, 0.1) is 41.6 Å². The molecule has 0 aliphatic carbocycles. The number of hydrogen-bond acceptors (Lipinski definition) is 6. The molecule has 8 nitrogen and oxygen atoms in total. The van der Waals surface area contributed by atoms with Gasteiger partial charge in [-0.3, -0.25) is 9.55 Å². The quantitative estimate of drug-likeness (QED) is 0.216. The van der Waals surface area contributed by atoms with Crippen LogP contribution in [0, 0.1) is 6.57 Å². The Hall–Kier alpha value is -4.29. The molecule has 2 bridgehead atoms. The van der Waals surface area contributed by atoms with Crippen LogP contribution in [-0.4, -0.2) is 37.6 Å². The smallest absolute Gasteiger partial charge is 0.205 e. The van der Waals surface area contributed by atoms with Crippen LogP contribution >= 0.6 is 11.6 Å². The fourth-order valence-corrected chi connectivity index (χ4v) is 6.62. The number of aromatic nitrogens is 2. The number of ether oxygens (including phenoxy) is 2. The van der Waals surface area contributed by atoms with E-state index in [0.717, 1.165) is 5.39 Å².